The summed E-state index contributed by atoms with van der Waals surface area (Å²) >= 11 is 1.17. The van der Waals surface area contributed by atoms with E-state index in [0.29, 0.717) is 16.5 Å². The highest BCUT2D eigenvalue weighted by Crippen LogP contribution is 2.27. The van der Waals surface area contributed by atoms with Crippen molar-refractivity contribution in [3.05, 3.63) is 39.7 Å². The SMILES string of the molecule is CCc1nsc(Oc2ccc([N+](=O)[O-])c(C)c2)n1. The van der Waals surface area contributed by atoms with Crippen molar-refractivity contribution in [1.82, 2.24) is 9.36 Å². The van der Waals surface area contributed by atoms with Gasteiger partial charge in [0.1, 0.15) is 11.6 Å². The van der Waals surface area contributed by atoms with Gasteiger partial charge in [-0.3, -0.25) is 10.1 Å². The Labute approximate surface area is 108 Å². The van der Waals surface area contributed by atoms with Gasteiger partial charge in [-0.25, -0.2) is 0 Å². The highest BCUT2D eigenvalue weighted by atomic mass is 32.1. The highest BCUT2D eigenvalue weighted by molar-refractivity contribution is 7.07. The number of rotatable bonds is 4. The van der Waals surface area contributed by atoms with E-state index in [4.69, 9.17) is 4.74 Å². The Kier molecular flexibility index (Phi) is 3.52. The molecular formula is C11H11N3O3S. The molecule has 1 heterocycles. The fraction of sp³-hybridized carbons (Fsp3) is 0.273. The predicted molar refractivity (Wildman–Crippen MR) is 67.2 cm³/mol. The molecule has 0 bridgehead atoms. The lowest BCUT2D eigenvalue weighted by Crippen LogP contribution is -1.92. The van der Waals surface area contributed by atoms with Crippen LogP contribution in [0.5, 0.6) is 10.9 Å². The Bertz CT molecular complexity index is 583. The molecule has 0 spiro atoms. The van der Waals surface area contributed by atoms with Crippen LogP contribution in [0, 0.1) is 17.0 Å². The summed E-state index contributed by atoms with van der Waals surface area (Å²) < 4.78 is 9.60. The number of ether oxygens (including phenoxy) is 1. The van der Waals surface area contributed by atoms with Gasteiger partial charge in [-0.05, 0) is 19.1 Å². The third-order valence-electron chi connectivity index (χ3n) is 2.34. The Balaban J connectivity index is 2.19. The van der Waals surface area contributed by atoms with Crippen molar-refractivity contribution in [2.24, 2.45) is 0 Å². The van der Waals surface area contributed by atoms with Gasteiger partial charge < -0.3 is 4.74 Å². The fourth-order valence-electron chi connectivity index (χ4n) is 1.42. The van der Waals surface area contributed by atoms with Crippen LogP contribution in [0.15, 0.2) is 18.2 Å². The van der Waals surface area contributed by atoms with E-state index >= 15 is 0 Å². The minimum absolute atomic E-state index is 0.0776. The summed E-state index contributed by atoms with van der Waals surface area (Å²) in [6, 6.07) is 4.59. The van der Waals surface area contributed by atoms with Crippen molar-refractivity contribution in [3.63, 3.8) is 0 Å². The Morgan fingerprint density at radius 1 is 1.50 bits per heavy atom. The summed E-state index contributed by atoms with van der Waals surface area (Å²) in [4.78, 5) is 14.4. The number of nitrogens with zero attached hydrogens (tertiary/aromatic N) is 3. The first-order valence-corrected chi connectivity index (χ1v) is 6.13. The summed E-state index contributed by atoms with van der Waals surface area (Å²) in [5.74, 6) is 1.26. The van der Waals surface area contributed by atoms with Crippen LogP contribution in [0.3, 0.4) is 0 Å². The summed E-state index contributed by atoms with van der Waals surface area (Å²) in [5, 5.41) is 11.1. The van der Waals surface area contributed by atoms with Gasteiger partial charge in [-0.2, -0.15) is 9.36 Å². The maximum absolute atomic E-state index is 10.7. The standard InChI is InChI=1S/C11H11N3O3S/c1-3-10-12-11(18-13-10)17-8-4-5-9(14(15)16)7(2)6-8/h4-6H,3H2,1-2H3. The van der Waals surface area contributed by atoms with E-state index in [-0.39, 0.29) is 5.69 Å². The lowest BCUT2D eigenvalue weighted by atomic mass is 10.2. The molecule has 0 unspecified atom stereocenters. The van der Waals surface area contributed by atoms with E-state index in [9.17, 15) is 10.1 Å². The van der Waals surface area contributed by atoms with Gasteiger partial charge in [0.25, 0.3) is 10.9 Å². The first-order valence-electron chi connectivity index (χ1n) is 5.35. The van der Waals surface area contributed by atoms with Crippen LogP contribution >= 0.6 is 11.5 Å². The van der Waals surface area contributed by atoms with Gasteiger partial charge in [-0.15, -0.1) is 0 Å². The van der Waals surface area contributed by atoms with Crippen LogP contribution in [0.25, 0.3) is 0 Å². The molecule has 2 aromatic rings. The summed E-state index contributed by atoms with van der Waals surface area (Å²) in [5.41, 5.74) is 0.631. The molecule has 0 aliphatic carbocycles. The molecule has 0 aliphatic rings. The molecule has 1 aromatic carbocycles. The van der Waals surface area contributed by atoms with Crippen molar-refractivity contribution in [3.8, 4) is 10.9 Å². The zero-order chi connectivity index (χ0) is 13.1. The molecule has 0 atom stereocenters. The van der Waals surface area contributed by atoms with Gasteiger partial charge in [0, 0.05) is 29.6 Å². The number of hydrogen-bond acceptors (Lipinski definition) is 6. The fourth-order valence-corrected chi connectivity index (χ4v) is 2.05. The number of nitro benzene ring substituents is 1. The molecule has 0 amide bonds. The first-order chi connectivity index (χ1) is 8.60. The Hall–Kier alpha value is -2.02. The number of hydrogen-bond donors (Lipinski definition) is 0. The molecule has 6 nitrogen and oxygen atoms in total. The zero-order valence-corrected chi connectivity index (χ0v) is 10.7. The lowest BCUT2D eigenvalue weighted by molar-refractivity contribution is -0.385. The Morgan fingerprint density at radius 2 is 2.28 bits per heavy atom. The second-order valence-electron chi connectivity index (χ2n) is 3.64. The highest BCUT2D eigenvalue weighted by Gasteiger charge is 2.12. The minimum Gasteiger partial charge on any atom is -0.430 e. The normalized spacial score (nSPS) is 10.3. The molecule has 0 aliphatic heterocycles. The molecule has 0 saturated heterocycles. The van der Waals surface area contributed by atoms with Gasteiger partial charge in [0.2, 0.25) is 0 Å². The molecular weight excluding hydrogens is 254 g/mol. The molecule has 94 valence electrons. The molecule has 0 saturated carbocycles. The van der Waals surface area contributed by atoms with E-state index < -0.39 is 4.92 Å². The van der Waals surface area contributed by atoms with Crippen molar-refractivity contribution in [2.75, 3.05) is 0 Å². The smallest absolute Gasteiger partial charge is 0.298 e. The second kappa shape index (κ2) is 5.09. The quantitative estimate of drug-likeness (QED) is 0.627. The first kappa shape index (κ1) is 12.4. The van der Waals surface area contributed by atoms with Gasteiger partial charge >= 0.3 is 0 Å². The number of aromatic nitrogens is 2. The molecule has 7 heteroatoms. The van der Waals surface area contributed by atoms with Crippen LogP contribution in [0.2, 0.25) is 0 Å². The van der Waals surface area contributed by atoms with E-state index in [0.717, 1.165) is 12.2 Å². The third kappa shape index (κ3) is 2.62. The van der Waals surface area contributed by atoms with Crippen molar-refractivity contribution in [2.45, 2.75) is 20.3 Å². The van der Waals surface area contributed by atoms with Gasteiger partial charge in [0.05, 0.1) is 4.92 Å². The van der Waals surface area contributed by atoms with E-state index in [2.05, 4.69) is 9.36 Å². The summed E-state index contributed by atoms with van der Waals surface area (Å²) in [6.45, 7) is 3.63. The summed E-state index contributed by atoms with van der Waals surface area (Å²) in [6.07, 6.45) is 0.749. The average Bonchev–Trinajstić information content (AvgIpc) is 2.76. The van der Waals surface area contributed by atoms with Crippen LogP contribution in [0.4, 0.5) is 5.69 Å². The maximum Gasteiger partial charge on any atom is 0.298 e. The molecule has 0 fully saturated rings. The molecule has 18 heavy (non-hydrogen) atoms. The van der Waals surface area contributed by atoms with Gasteiger partial charge in [0.15, 0.2) is 0 Å². The van der Waals surface area contributed by atoms with E-state index in [1.165, 1.54) is 17.6 Å². The summed E-state index contributed by atoms with van der Waals surface area (Å²) in [7, 11) is 0. The topological polar surface area (TPSA) is 78.2 Å². The van der Waals surface area contributed by atoms with Crippen molar-refractivity contribution in [1.29, 1.82) is 0 Å². The molecule has 0 N–H and O–H groups in total. The number of nitro groups is 1. The molecule has 0 radical (unpaired) electrons. The second-order valence-corrected chi connectivity index (χ2v) is 4.35. The van der Waals surface area contributed by atoms with Crippen molar-refractivity contribution >= 4 is 17.2 Å². The largest absolute Gasteiger partial charge is 0.430 e. The Morgan fingerprint density at radius 3 is 2.83 bits per heavy atom. The number of benzene rings is 1. The van der Waals surface area contributed by atoms with Crippen LogP contribution in [-0.4, -0.2) is 14.3 Å². The van der Waals surface area contributed by atoms with E-state index in [1.54, 1.807) is 19.1 Å². The monoisotopic (exact) mass is 265 g/mol. The van der Waals surface area contributed by atoms with Crippen LogP contribution in [0.1, 0.15) is 18.3 Å². The van der Waals surface area contributed by atoms with Gasteiger partial charge in [-0.1, -0.05) is 6.92 Å². The van der Waals surface area contributed by atoms with Crippen LogP contribution < -0.4 is 4.74 Å². The minimum atomic E-state index is -0.417. The molecule has 2 rings (SSSR count). The third-order valence-corrected chi connectivity index (χ3v) is 2.97. The van der Waals surface area contributed by atoms with Crippen molar-refractivity contribution < 1.29 is 9.66 Å². The van der Waals surface area contributed by atoms with E-state index in [1.807, 2.05) is 6.92 Å². The zero-order valence-electron chi connectivity index (χ0n) is 9.91. The maximum atomic E-state index is 10.7. The average molecular weight is 265 g/mol. The predicted octanol–water partition coefficient (Wildman–Crippen LogP) is 3.11. The molecule has 1 aromatic heterocycles. The van der Waals surface area contributed by atoms with Crippen LogP contribution in [-0.2, 0) is 6.42 Å². The lowest BCUT2D eigenvalue weighted by Gasteiger charge is -2.02. The number of aryl methyl sites for hydroxylation is 2.